The summed E-state index contributed by atoms with van der Waals surface area (Å²) in [6, 6.07) is 62.0. The zero-order valence-electron chi connectivity index (χ0n) is 35.1. The second-order valence-corrected chi connectivity index (χ2v) is 16.9. The topological polar surface area (TPSA) is 12.4 Å². The van der Waals surface area contributed by atoms with Crippen molar-refractivity contribution in [1.29, 1.82) is 0 Å². The second kappa shape index (κ2) is 15.6. The van der Waals surface area contributed by atoms with Crippen molar-refractivity contribution >= 4 is 44.9 Å². The lowest BCUT2D eigenvalue weighted by Crippen LogP contribution is -2.27. The quantitative estimate of drug-likeness (QED) is 0.107. The predicted octanol–water partition coefficient (Wildman–Crippen LogP) is 15.5. The zero-order chi connectivity index (χ0) is 41.6. The average Bonchev–Trinajstić information content (AvgIpc) is 3.80. The maximum Gasteiger partial charge on any atom is 0.0898 e. The summed E-state index contributed by atoms with van der Waals surface area (Å²) in [5.41, 5.74) is 19.6. The van der Waals surface area contributed by atoms with E-state index in [1.165, 1.54) is 77.6 Å². The molecule has 4 aliphatic rings. The highest BCUT2D eigenvalue weighted by Crippen LogP contribution is 2.64. The minimum atomic E-state index is -0.665. The maximum absolute atomic E-state index is 5.87. The number of hydrogen-bond acceptors (Lipinski definition) is 1. The van der Waals surface area contributed by atoms with Crippen LogP contribution in [-0.4, -0.2) is 5.71 Å². The van der Waals surface area contributed by atoms with Gasteiger partial charge in [-0.15, -0.1) is 0 Å². The molecule has 7 aromatic carbocycles. The third-order valence-corrected chi connectivity index (χ3v) is 13.4. The van der Waals surface area contributed by atoms with E-state index in [1.807, 2.05) is 0 Å². The van der Waals surface area contributed by atoms with Gasteiger partial charge in [0, 0.05) is 17.2 Å². The molecule has 0 N–H and O–H groups in total. The fraction of sp³-hybridized carbons (Fsp3) is 0.0984. The number of hydrogen-bond donors (Lipinski definition) is 0. The molecule has 2 unspecified atom stereocenters. The lowest BCUT2D eigenvalue weighted by Gasteiger charge is -2.31. The van der Waals surface area contributed by atoms with E-state index in [-0.39, 0.29) is 5.92 Å². The first-order valence-corrected chi connectivity index (χ1v) is 22.0. The third-order valence-electron chi connectivity index (χ3n) is 13.4. The summed E-state index contributed by atoms with van der Waals surface area (Å²) in [5, 5.41) is 2.40. The van der Waals surface area contributed by atoms with Crippen molar-refractivity contribution in [1.82, 2.24) is 0 Å². The minimum absolute atomic E-state index is 0.255. The summed E-state index contributed by atoms with van der Waals surface area (Å²) in [6.07, 6.45) is 19.4. The fourth-order valence-corrected chi connectivity index (χ4v) is 10.5. The Hall–Kier alpha value is -7.35. The molecule has 0 fully saturated rings. The second-order valence-electron chi connectivity index (χ2n) is 16.9. The van der Waals surface area contributed by atoms with Gasteiger partial charge in [-0.1, -0.05) is 213 Å². The Morgan fingerprint density at radius 1 is 0.645 bits per heavy atom. The molecule has 4 aliphatic carbocycles. The van der Waals surface area contributed by atoms with Gasteiger partial charge in [0.25, 0.3) is 0 Å². The first kappa shape index (κ1) is 37.6. The minimum Gasteiger partial charge on any atom is -0.255 e. The molecule has 62 heavy (non-hydrogen) atoms. The molecule has 0 saturated heterocycles. The highest BCUT2D eigenvalue weighted by atomic mass is 14.8. The SMILES string of the molecule is C=C(C1=C(/N=C(\C)C2=CCCC=C2)C2(c3ccccc31)c1ccccc1-c1ccc(C3=CCC(/C(=C\c4ccccc4)c4ccccc4)C=C3)cc12)c1cccc2ccccc12. The van der Waals surface area contributed by atoms with Crippen LogP contribution >= 0.6 is 0 Å². The average molecular weight is 794 g/mol. The van der Waals surface area contributed by atoms with Crippen LogP contribution in [0.5, 0.6) is 0 Å². The van der Waals surface area contributed by atoms with Crippen LogP contribution in [0.4, 0.5) is 0 Å². The number of nitrogens with zero attached hydrogens (tertiary/aromatic N) is 1. The van der Waals surface area contributed by atoms with E-state index in [9.17, 15) is 0 Å². The van der Waals surface area contributed by atoms with Gasteiger partial charge in [-0.05, 0) is 121 Å². The Kier molecular flexibility index (Phi) is 9.47. The predicted molar refractivity (Wildman–Crippen MR) is 264 cm³/mol. The van der Waals surface area contributed by atoms with Gasteiger partial charge in [-0.25, -0.2) is 0 Å². The molecule has 0 heterocycles. The summed E-state index contributed by atoms with van der Waals surface area (Å²) in [5.74, 6) is 0.255. The van der Waals surface area contributed by atoms with Crippen LogP contribution in [0.2, 0.25) is 0 Å². The molecule has 0 aromatic heterocycles. The van der Waals surface area contributed by atoms with Crippen molar-refractivity contribution in [2.75, 3.05) is 0 Å². The number of aliphatic imine (C=N–C) groups is 1. The normalized spacial score (nSPS) is 19.0. The van der Waals surface area contributed by atoms with Crippen molar-refractivity contribution < 1.29 is 0 Å². The zero-order valence-corrected chi connectivity index (χ0v) is 35.1. The Bertz CT molecular complexity index is 3160. The van der Waals surface area contributed by atoms with Gasteiger partial charge in [0.15, 0.2) is 0 Å². The van der Waals surface area contributed by atoms with Crippen LogP contribution in [0.15, 0.2) is 229 Å². The summed E-state index contributed by atoms with van der Waals surface area (Å²) in [6.45, 7) is 7.16. The molecule has 0 saturated carbocycles. The first-order chi connectivity index (χ1) is 30.6. The van der Waals surface area contributed by atoms with Crippen molar-refractivity contribution in [2.24, 2.45) is 10.9 Å². The maximum atomic E-state index is 5.87. The van der Waals surface area contributed by atoms with Crippen molar-refractivity contribution in [2.45, 2.75) is 31.6 Å². The van der Waals surface area contributed by atoms with Crippen molar-refractivity contribution in [3.8, 4) is 11.1 Å². The van der Waals surface area contributed by atoms with Crippen LogP contribution in [-0.2, 0) is 5.41 Å². The highest BCUT2D eigenvalue weighted by molar-refractivity contribution is 6.16. The summed E-state index contributed by atoms with van der Waals surface area (Å²) in [4.78, 5) is 5.87. The Labute approximate surface area is 365 Å². The molecule has 0 aliphatic heterocycles. The van der Waals surface area contributed by atoms with Gasteiger partial charge in [-0.2, -0.15) is 0 Å². The van der Waals surface area contributed by atoms with E-state index in [2.05, 4.69) is 219 Å². The van der Waals surface area contributed by atoms with E-state index in [0.29, 0.717) is 0 Å². The highest BCUT2D eigenvalue weighted by Gasteiger charge is 2.54. The lowest BCUT2D eigenvalue weighted by atomic mass is 9.71. The Balaban J connectivity index is 1.10. The fourth-order valence-electron chi connectivity index (χ4n) is 10.5. The molecule has 1 spiro atoms. The van der Waals surface area contributed by atoms with E-state index in [4.69, 9.17) is 11.6 Å². The summed E-state index contributed by atoms with van der Waals surface area (Å²) in [7, 11) is 0. The molecular weight excluding hydrogens is 747 g/mol. The number of fused-ring (bicyclic) bond motifs is 8. The largest absolute Gasteiger partial charge is 0.255 e. The molecule has 11 rings (SSSR count). The van der Waals surface area contributed by atoms with Gasteiger partial charge >= 0.3 is 0 Å². The number of benzene rings is 7. The van der Waals surface area contributed by atoms with Crippen LogP contribution < -0.4 is 0 Å². The molecule has 7 aromatic rings. The van der Waals surface area contributed by atoms with E-state index in [0.717, 1.165) is 47.4 Å². The van der Waals surface area contributed by atoms with Crippen molar-refractivity contribution in [3.05, 3.63) is 269 Å². The van der Waals surface area contributed by atoms with Crippen LogP contribution in [0.3, 0.4) is 0 Å². The third kappa shape index (κ3) is 6.19. The Morgan fingerprint density at radius 2 is 1.34 bits per heavy atom. The van der Waals surface area contributed by atoms with E-state index in [1.54, 1.807) is 0 Å². The molecule has 2 atom stereocenters. The smallest absolute Gasteiger partial charge is 0.0898 e. The van der Waals surface area contributed by atoms with Gasteiger partial charge in [0.05, 0.1) is 11.1 Å². The summed E-state index contributed by atoms with van der Waals surface area (Å²) < 4.78 is 0. The monoisotopic (exact) mass is 793 g/mol. The van der Waals surface area contributed by atoms with Crippen molar-refractivity contribution in [3.63, 3.8) is 0 Å². The molecular formula is C61H47N. The first-order valence-electron chi connectivity index (χ1n) is 22.0. The molecule has 1 nitrogen and oxygen atoms in total. The number of rotatable bonds is 8. The van der Waals surface area contributed by atoms with Gasteiger partial charge in [0.1, 0.15) is 0 Å². The number of allylic oxidation sites excluding steroid dienone is 12. The van der Waals surface area contributed by atoms with Crippen LogP contribution in [0.25, 0.3) is 50.3 Å². The molecule has 1 heteroatoms. The van der Waals surface area contributed by atoms with E-state index >= 15 is 0 Å². The van der Waals surface area contributed by atoms with Gasteiger partial charge < -0.3 is 0 Å². The van der Waals surface area contributed by atoms with Gasteiger partial charge in [0.2, 0.25) is 0 Å². The van der Waals surface area contributed by atoms with Gasteiger partial charge in [-0.3, -0.25) is 4.99 Å². The molecule has 0 amide bonds. The van der Waals surface area contributed by atoms with Crippen LogP contribution in [0.1, 0.15) is 70.7 Å². The standard InChI is InChI=1S/C61H47N/c1-41(50-30-18-26-46-25-12-13-27-51(46)50)59-54-29-15-17-32-57(54)61(60(59)62-42(2)44-21-8-4-9-22-44)56-31-16-14-28-52(56)53-38-37-49(40-58(53)61)45-33-35-48(36-34-45)55(47-23-10-5-11-24-47)39-43-19-6-3-7-20-43/h3,5-8,10-35,37-40,48H,1,4,9,36H2,2H3/b55-39-,62-42+. The Morgan fingerprint density at radius 3 is 2.11 bits per heavy atom. The summed E-state index contributed by atoms with van der Waals surface area (Å²) >= 11 is 0. The van der Waals surface area contributed by atoms with E-state index < -0.39 is 5.41 Å². The van der Waals surface area contributed by atoms with Crippen LogP contribution in [0, 0.1) is 5.92 Å². The lowest BCUT2D eigenvalue weighted by molar-refractivity contribution is 0.756. The molecule has 296 valence electrons. The molecule has 0 bridgehead atoms. The molecule has 0 radical (unpaired) electrons.